The van der Waals surface area contributed by atoms with Crippen molar-refractivity contribution in [1.29, 1.82) is 0 Å². The monoisotopic (exact) mass is 368 g/mol. The van der Waals surface area contributed by atoms with Gasteiger partial charge in [0, 0.05) is 24.2 Å². The van der Waals surface area contributed by atoms with Crippen molar-refractivity contribution in [2.45, 2.75) is 43.4 Å². The first-order valence-electron chi connectivity index (χ1n) is 9.54. The third-order valence-electron chi connectivity index (χ3n) is 5.76. The van der Waals surface area contributed by atoms with E-state index in [-0.39, 0.29) is 42.9 Å². The average Bonchev–Trinajstić information content (AvgIpc) is 3.20. The van der Waals surface area contributed by atoms with Crippen LogP contribution in [0.4, 0.5) is 0 Å². The SMILES string of the molecule is COC1CC2COC(c3ccccc3)OC2C2OC(c3ccccc3)OC12. The minimum Gasteiger partial charge on any atom is -0.379 e. The van der Waals surface area contributed by atoms with E-state index in [0.717, 1.165) is 17.5 Å². The Balaban J connectivity index is 1.39. The number of rotatable bonds is 3. The van der Waals surface area contributed by atoms with Crippen LogP contribution < -0.4 is 0 Å². The van der Waals surface area contributed by atoms with Gasteiger partial charge in [-0.15, -0.1) is 0 Å². The highest BCUT2D eigenvalue weighted by molar-refractivity contribution is 5.19. The van der Waals surface area contributed by atoms with Gasteiger partial charge in [-0.25, -0.2) is 0 Å². The predicted octanol–water partition coefficient (Wildman–Crippen LogP) is 3.62. The normalized spacial score (nSPS) is 38.2. The molecule has 3 fully saturated rings. The minimum absolute atomic E-state index is 0.0227. The van der Waals surface area contributed by atoms with Crippen molar-refractivity contribution in [3.8, 4) is 0 Å². The Morgan fingerprint density at radius 3 is 2.00 bits per heavy atom. The van der Waals surface area contributed by atoms with E-state index in [4.69, 9.17) is 23.7 Å². The maximum Gasteiger partial charge on any atom is 0.184 e. The quantitative estimate of drug-likeness (QED) is 0.828. The zero-order valence-corrected chi connectivity index (χ0v) is 15.3. The van der Waals surface area contributed by atoms with Crippen LogP contribution in [0.2, 0.25) is 0 Å². The average molecular weight is 368 g/mol. The van der Waals surface area contributed by atoms with Crippen LogP contribution in [0, 0.1) is 5.92 Å². The molecular formula is C22H24O5. The maximum absolute atomic E-state index is 6.38. The van der Waals surface area contributed by atoms with Crippen molar-refractivity contribution in [3.05, 3.63) is 71.8 Å². The lowest BCUT2D eigenvalue weighted by molar-refractivity contribution is -0.281. The Bertz CT molecular complexity index is 752. The van der Waals surface area contributed by atoms with Crippen molar-refractivity contribution in [2.24, 2.45) is 5.92 Å². The molecule has 2 saturated heterocycles. The summed E-state index contributed by atoms with van der Waals surface area (Å²) in [5.74, 6) is 0.231. The summed E-state index contributed by atoms with van der Waals surface area (Å²) in [4.78, 5) is 0. The molecular weight excluding hydrogens is 344 g/mol. The second-order valence-electron chi connectivity index (χ2n) is 7.39. The highest BCUT2D eigenvalue weighted by atomic mass is 16.8. The maximum atomic E-state index is 6.38. The molecule has 2 aromatic carbocycles. The van der Waals surface area contributed by atoms with Crippen LogP contribution in [0.3, 0.4) is 0 Å². The number of methoxy groups -OCH3 is 1. The number of hydrogen-bond donors (Lipinski definition) is 0. The molecule has 5 heteroatoms. The Labute approximate surface area is 159 Å². The van der Waals surface area contributed by atoms with Gasteiger partial charge in [0.1, 0.15) is 12.2 Å². The molecule has 0 N–H and O–H groups in total. The Morgan fingerprint density at radius 1 is 0.741 bits per heavy atom. The summed E-state index contributed by atoms with van der Waals surface area (Å²) < 4.78 is 30.8. The van der Waals surface area contributed by atoms with E-state index < -0.39 is 0 Å². The minimum atomic E-state index is -0.390. The summed E-state index contributed by atoms with van der Waals surface area (Å²) in [6.45, 7) is 0.632. The molecule has 7 unspecified atom stereocenters. The lowest BCUT2D eigenvalue weighted by Gasteiger charge is -2.45. The summed E-state index contributed by atoms with van der Waals surface area (Å²) in [5, 5.41) is 0. The third kappa shape index (κ3) is 3.20. The first kappa shape index (κ1) is 17.3. The molecule has 27 heavy (non-hydrogen) atoms. The van der Waals surface area contributed by atoms with Crippen LogP contribution in [0.25, 0.3) is 0 Å². The fraction of sp³-hybridized carbons (Fsp3) is 0.455. The molecule has 3 aliphatic rings. The van der Waals surface area contributed by atoms with Crippen molar-refractivity contribution in [3.63, 3.8) is 0 Å². The molecule has 0 spiro atoms. The van der Waals surface area contributed by atoms with Crippen LogP contribution in [0.5, 0.6) is 0 Å². The largest absolute Gasteiger partial charge is 0.379 e. The van der Waals surface area contributed by atoms with Crippen molar-refractivity contribution < 1.29 is 23.7 Å². The molecule has 142 valence electrons. The molecule has 5 nitrogen and oxygen atoms in total. The topological polar surface area (TPSA) is 46.2 Å². The Hall–Kier alpha value is -1.76. The van der Waals surface area contributed by atoms with Gasteiger partial charge >= 0.3 is 0 Å². The molecule has 7 atom stereocenters. The molecule has 5 rings (SSSR count). The van der Waals surface area contributed by atoms with Crippen molar-refractivity contribution in [1.82, 2.24) is 0 Å². The zero-order chi connectivity index (χ0) is 18.2. The van der Waals surface area contributed by atoms with Crippen molar-refractivity contribution in [2.75, 3.05) is 13.7 Å². The smallest absolute Gasteiger partial charge is 0.184 e. The first-order chi connectivity index (χ1) is 13.3. The molecule has 0 aromatic heterocycles. The van der Waals surface area contributed by atoms with E-state index in [2.05, 4.69) is 0 Å². The van der Waals surface area contributed by atoms with Gasteiger partial charge in [0.25, 0.3) is 0 Å². The molecule has 1 saturated carbocycles. The van der Waals surface area contributed by atoms with Crippen LogP contribution in [0.1, 0.15) is 30.1 Å². The molecule has 0 amide bonds. The highest BCUT2D eigenvalue weighted by Gasteiger charge is 2.55. The van der Waals surface area contributed by atoms with Crippen LogP contribution in [-0.2, 0) is 23.7 Å². The van der Waals surface area contributed by atoms with Crippen molar-refractivity contribution >= 4 is 0 Å². The Kier molecular flexibility index (Phi) is 4.71. The molecule has 0 bridgehead atoms. The van der Waals surface area contributed by atoms with Crippen LogP contribution >= 0.6 is 0 Å². The number of ether oxygens (including phenoxy) is 5. The standard InChI is InChI=1S/C22H24O5/c1-23-17-12-16-13-24-21(14-8-4-2-5-9-14)25-18(16)20-19(17)26-22(27-20)15-10-6-3-7-11-15/h2-11,16-22H,12-13H2,1H3. The van der Waals surface area contributed by atoms with E-state index in [1.165, 1.54) is 0 Å². The van der Waals surface area contributed by atoms with Gasteiger partial charge in [-0.1, -0.05) is 60.7 Å². The van der Waals surface area contributed by atoms with Crippen LogP contribution in [0.15, 0.2) is 60.7 Å². The van der Waals surface area contributed by atoms with Crippen LogP contribution in [-0.4, -0.2) is 38.1 Å². The van der Waals surface area contributed by atoms with Gasteiger partial charge < -0.3 is 23.7 Å². The second kappa shape index (κ2) is 7.34. The summed E-state index contributed by atoms with van der Waals surface area (Å²) in [5.41, 5.74) is 2.05. The fourth-order valence-corrected chi connectivity index (χ4v) is 4.40. The fourth-order valence-electron chi connectivity index (χ4n) is 4.40. The molecule has 1 aliphatic carbocycles. The lowest BCUT2D eigenvalue weighted by atomic mass is 9.80. The molecule has 2 aliphatic heterocycles. The number of fused-ring (bicyclic) bond motifs is 3. The van der Waals surface area contributed by atoms with E-state index in [0.29, 0.717) is 6.61 Å². The summed E-state index contributed by atoms with van der Waals surface area (Å²) in [7, 11) is 1.73. The van der Waals surface area contributed by atoms with Gasteiger partial charge in [0.05, 0.1) is 18.8 Å². The predicted molar refractivity (Wildman–Crippen MR) is 97.8 cm³/mol. The summed E-state index contributed by atoms with van der Waals surface area (Å²) >= 11 is 0. The molecule has 2 heterocycles. The third-order valence-corrected chi connectivity index (χ3v) is 5.76. The second-order valence-corrected chi connectivity index (χ2v) is 7.39. The molecule has 2 aromatic rings. The summed E-state index contributed by atoms with van der Waals surface area (Å²) in [6, 6.07) is 20.1. The van der Waals surface area contributed by atoms with Gasteiger partial charge in [-0.3, -0.25) is 0 Å². The number of hydrogen-bond acceptors (Lipinski definition) is 5. The highest BCUT2D eigenvalue weighted by Crippen LogP contribution is 2.46. The molecule has 0 radical (unpaired) electrons. The van der Waals surface area contributed by atoms with Gasteiger partial charge in [0.2, 0.25) is 0 Å². The van der Waals surface area contributed by atoms with Gasteiger partial charge in [-0.05, 0) is 6.42 Å². The van der Waals surface area contributed by atoms with E-state index >= 15 is 0 Å². The first-order valence-corrected chi connectivity index (χ1v) is 9.54. The summed E-state index contributed by atoms with van der Waals surface area (Å²) in [6.07, 6.45) is -0.329. The number of benzene rings is 2. The van der Waals surface area contributed by atoms with E-state index in [1.807, 2.05) is 60.7 Å². The van der Waals surface area contributed by atoms with Gasteiger partial charge in [-0.2, -0.15) is 0 Å². The zero-order valence-electron chi connectivity index (χ0n) is 15.3. The van der Waals surface area contributed by atoms with E-state index in [1.54, 1.807) is 7.11 Å². The lowest BCUT2D eigenvalue weighted by Crippen LogP contribution is -2.56. The van der Waals surface area contributed by atoms with Gasteiger partial charge in [0.15, 0.2) is 12.6 Å². The Morgan fingerprint density at radius 2 is 1.33 bits per heavy atom. The van der Waals surface area contributed by atoms with E-state index in [9.17, 15) is 0 Å².